The Hall–Kier alpha value is -3.60. The molecule has 1 aliphatic carbocycles. The number of hydrogen-bond donors (Lipinski definition) is 3. The summed E-state index contributed by atoms with van der Waals surface area (Å²) in [5, 5.41) is 24.2. The van der Waals surface area contributed by atoms with Crippen molar-refractivity contribution in [2.24, 2.45) is 0 Å². The zero-order chi connectivity index (χ0) is 22.7. The smallest absolute Gasteiger partial charge is 0.333 e. The molecule has 5 nitrogen and oxygen atoms in total. The Bertz CT molecular complexity index is 1210. The van der Waals surface area contributed by atoms with Gasteiger partial charge in [-0.2, -0.15) is 0 Å². The molecule has 0 radical (unpaired) electrons. The van der Waals surface area contributed by atoms with Crippen molar-refractivity contribution >= 4 is 22.6 Å². The molecule has 3 aromatic carbocycles. The van der Waals surface area contributed by atoms with E-state index in [-0.39, 0.29) is 24.0 Å². The van der Waals surface area contributed by atoms with Gasteiger partial charge in [0.15, 0.2) is 0 Å². The van der Waals surface area contributed by atoms with Gasteiger partial charge in [-0.3, -0.25) is 4.79 Å². The van der Waals surface area contributed by atoms with Crippen LogP contribution in [0, 0.1) is 6.92 Å². The number of phenols is 1. The fourth-order valence-electron chi connectivity index (χ4n) is 4.43. The number of fused-ring (bicyclic) bond motifs is 1. The van der Waals surface area contributed by atoms with E-state index in [1.165, 1.54) is 0 Å². The molecule has 3 N–H and O–H groups in total. The van der Waals surface area contributed by atoms with E-state index in [0.717, 1.165) is 33.9 Å². The highest BCUT2D eigenvalue weighted by atomic mass is 16.4. The van der Waals surface area contributed by atoms with E-state index in [1.807, 2.05) is 49.4 Å². The molecular weight excluding hydrogens is 402 g/mol. The molecule has 1 aliphatic rings. The van der Waals surface area contributed by atoms with Crippen molar-refractivity contribution in [3.63, 3.8) is 0 Å². The number of benzene rings is 3. The number of carboxylic acid groups (broad SMARTS) is 1. The van der Waals surface area contributed by atoms with E-state index in [9.17, 15) is 19.8 Å². The number of amides is 1. The minimum Gasteiger partial charge on any atom is -0.508 e. The van der Waals surface area contributed by atoms with Gasteiger partial charge in [0.2, 0.25) is 5.91 Å². The minimum absolute atomic E-state index is 0.152. The summed E-state index contributed by atoms with van der Waals surface area (Å²) in [5.41, 5.74) is 4.18. The van der Waals surface area contributed by atoms with Crippen LogP contribution in [0.5, 0.6) is 5.75 Å². The van der Waals surface area contributed by atoms with Crippen molar-refractivity contribution in [1.82, 2.24) is 5.32 Å². The second-order valence-corrected chi connectivity index (χ2v) is 8.53. The van der Waals surface area contributed by atoms with Gasteiger partial charge in [0, 0.05) is 12.1 Å². The summed E-state index contributed by atoms with van der Waals surface area (Å²) < 4.78 is 0. The maximum atomic E-state index is 12.6. The van der Waals surface area contributed by atoms with Crippen LogP contribution in [0.15, 0.2) is 71.9 Å². The average molecular weight is 430 g/mol. The number of nitrogens with one attached hydrogen (secondary N) is 1. The van der Waals surface area contributed by atoms with Crippen LogP contribution in [-0.4, -0.2) is 22.1 Å². The molecule has 0 spiro atoms. The minimum atomic E-state index is -0.963. The van der Waals surface area contributed by atoms with E-state index >= 15 is 0 Å². The highest BCUT2D eigenvalue weighted by Crippen LogP contribution is 2.36. The van der Waals surface area contributed by atoms with E-state index in [0.29, 0.717) is 30.5 Å². The Morgan fingerprint density at radius 3 is 2.59 bits per heavy atom. The van der Waals surface area contributed by atoms with Crippen molar-refractivity contribution in [2.45, 2.75) is 44.9 Å². The number of aryl methyl sites for hydroxylation is 2. The van der Waals surface area contributed by atoms with Gasteiger partial charge in [-0.15, -0.1) is 0 Å². The van der Waals surface area contributed by atoms with Crippen LogP contribution in [0.4, 0.5) is 0 Å². The first-order valence-electron chi connectivity index (χ1n) is 10.9. The van der Waals surface area contributed by atoms with Crippen LogP contribution in [0.3, 0.4) is 0 Å². The lowest BCUT2D eigenvalue weighted by Crippen LogP contribution is -2.29. The third kappa shape index (κ3) is 4.99. The van der Waals surface area contributed by atoms with Gasteiger partial charge in [0.1, 0.15) is 5.75 Å². The van der Waals surface area contributed by atoms with E-state index in [4.69, 9.17) is 0 Å². The normalized spacial score (nSPS) is 16.2. The Morgan fingerprint density at radius 1 is 1.03 bits per heavy atom. The Balaban J connectivity index is 1.41. The molecule has 164 valence electrons. The molecule has 0 bridgehead atoms. The molecular formula is C27H27NO4. The molecule has 0 aliphatic heterocycles. The largest absolute Gasteiger partial charge is 0.508 e. The first-order chi connectivity index (χ1) is 15.4. The van der Waals surface area contributed by atoms with Gasteiger partial charge in [0.05, 0.1) is 5.57 Å². The van der Waals surface area contributed by atoms with Gasteiger partial charge >= 0.3 is 5.97 Å². The molecule has 0 heterocycles. The number of rotatable bonds is 6. The fourth-order valence-corrected chi connectivity index (χ4v) is 4.43. The quantitative estimate of drug-likeness (QED) is 0.502. The first-order valence-corrected chi connectivity index (χ1v) is 10.9. The monoisotopic (exact) mass is 429 g/mol. The van der Waals surface area contributed by atoms with E-state index < -0.39 is 5.97 Å². The standard InChI is InChI=1S/C27H27NO4/c1-17-3-2-4-19(13-17)22-9-11-25(24(16-22)27(31)32)28-26(30)12-6-18-5-7-21-15-23(29)10-8-20(21)14-18/h2-5,7-8,10,13-15,22,29H,6,9,11-12,16H2,1H3,(H,28,30)(H,31,32). The lowest BCUT2D eigenvalue weighted by atomic mass is 9.81. The maximum Gasteiger partial charge on any atom is 0.333 e. The van der Waals surface area contributed by atoms with Gasteiger partial charge in [0.25, 0.3) is 0 Å². The van der Waals surface area contributed by atoms with Crippen LogP contribution in [0.2, 0.25) is 0 Å². The van der Waals surface area contributed by atoms with Crippen molar-refractivity contribution in [2.75, 3.05) is 0 Å². The van der Waals surface area contributed by atoms with Gasteiger partial charge in [-0.05, 0) is 72.6 Å². The molecule has 0 saturated carbocycles. The molecule has 0 fully saturated rings. The fraction of sp³-hybridized carbons (Fsp3) is 0.259. The molecule has 0 saturated heterocycles. The molecule has 3 aromatic rings. The summed E-state index contributed by atoms with van der Waals surface area (Å²) in [6.07, 6.45) is 2.62. The van der Waals surface area contributed by atoms with Crippen LogP contribution in [0.25, 0.3) is 10.8 Å². The van der Waals surface area contributed by atoms with Crippen molar-refractivity contribution < 1.29 is 19.8 Å². The Morgan fingerprint density at radius 2 is 1.81 bits per heavy atom. The summed E-state index contributed by atoms with van der Waals surface area (Å²) in [6.45, 7) is 2.03. The number of aromatic hydroxyl groups is 1. The third-order valence-corrected chi connectivity index (χ3v) is 6.15. The molecule has 4 rings (SSSR count). The third-order valence-electron chi connectivity index (χ3n) is 6.15. The van der Waals surface area contributed by atoms with Crippen molar-refractivity contribution in [3.05, 3.63) is 88.6 Å². The summed E-state index contributed by atoms with van der Waals surface area (Å²) in [7, 11) is 0. The number of carbonyl (C=O) groups is 2. The zero-order valence-electron chi connectivity index (χ0n) is 18.1. The summed E-state index contributed by atoms with van der Waals surface area (Å²) in [4.78, 5) is 24.5. The van der Waals surface area contributed by atoms with Crippen LogP contribution >= 0.6 is 0 Å². The van der Waals surface area contributed by atoms with Crippen LogP contribution < -0.4 is 5.32 Å². The lowest BCUT2D eigenvalue weighted by Gasteiger charge is -2.26. The SMILES string of the molecule is Cc1cccc(C2CCC(NC(=O)CCc3ccc4cc(O)ccc4c3)=C(C(=O)O)C2)c1. The first kappa shape index (κ1) is 21.6. The average Bonchev–Trinajstić information content (AvgIpc) is 2.77. The van der Waals surface area contributed by atoms with Crippen molar-refractivity contribution in [1.29, 1.82) is 0 Å². The molecule has 1 unspecified atom stereocenters. The van der Waals surface area contributed by atoms with Gasteiger partial charge in [-0.25, -0.2) is 4.79 Å². The Kier molecular flexibility index (Phi) is 6.26. The van der Waals surface area contributed by atoms with Gasteiger partial charge < -0.3 is 15.5 Å². The summed E-state index contributed by atoms with van der Waals surface area (Å²) >= 11 is 0. The number of phenolic OH excluding ortho intramolecular Hbond substituents is 1. The van der Waals surface area contributed by atoms with Gasteiger partial charge in [-0.1, -0.05) is 54.1 Å². The molecule has 1 atom stereocenters. The Labute approximate surface area is 187 Å². The molecule has 0 aromatic heterocycles. The summed E-state index contributed by atoms with van der Waals surface area (Å²) in [5.74, 6) is -0.753. The zero-order valence-corrected chi connectivity index (χ0v) is 18.1. The van der Waals surface area contributed by atoms with Crippen LogP contribution in [-0.2, 0) is 16.0 Å². The van der Waals surface area contributed by atoms with E-state index in [2.05, 4.69) is 11.4 Å². The number of carbonyl (C=O) groups excluding carboxylic acids is 1. The molecule has 5 heteroatoms. The highest BCUT2D eigenvalue weighted by Gasteiger charge is 2.27. The lowest BCUT2D eigenvalue weighted by molar-refractivity contribution is -0.133. The highest BCUT2D eigenvalue weighted by molar-refractivity contribution is 5.90. The number of carboxylic acids is 1. The number of aliphatic carboxylic acids is 1. The molecule has 1 amide bonds. The second kappa shape index (κ2) is 9.27. The number of allylic oxidation sites excluding steroid dienone is 1. The maximum absolute atomic E-state index is 12.6. The number of hydrogen-bond acceptors (Lipinski definition) is 3. The van der Waals surface area contributed by atoms with Crippen LogP contribution in [0.1, 0.15) is 48.3 Å². The summed E-state index contributed by atoms with van der Waals surface area (Å²) in [6, 6.07) is 19.3. The van der Waals surface area contributed by atoms with Crippen molar-refractivity contribution in [3.8, 4) is 5.75 Å². The van der Waals surface area contributed by atoms with E-state index in [1.54, 1.807) is 12.1 Å². The topological polar surface area (TPSA) is 86.6 Å². The second-order valence-electron chi connectivity index (χ2n) is 8.53. The molecule has 32 heavy (non-hydrogen) atoms. The predicted molar refractivity (Wildman–Crippen MR) is 125 cm³/mol. The predicted octanol–water partition coefficient (Wildman–Crippen LogP) is 5.21.